The molecule has 0 aromatic heterocycles. The molecule has 3 atom stereocenters. The highest BCUT2D eigenvalue weighted by molar-refractivity contribution is 5.80. The van der Waals surface area contributed by atoms with E-state index in [9.17, 15) is 14.7 Å². The van der Waals surface area contributed by atoms with E-state index in [1.165, 1.54) is 5.56 Å². The SMILES string of the molecule is CN1CC2CC3(CC[C@]2(c2ccccc2)C1)CC(=O)N(CCC(C)(C)C(=O)O)C3. The van der Waals surface area contributed by atoms with Gasteiger partial charge in [0.05, 0.1) is 5.41 Å². The highest BCUT2D eigenvalue weighted by atomic mass is 16.4. The van der Waals surface area contributed by atoms with Crippen molar-refractivity contribution >= 4 is 11.9 Å². The molecule has 2 aliphatic heterocycles. The van der Waals surface area contributed by atoms with Crippen molar-refractivity contribution in [3.05, 3.63) is 35.9 Å². The first-order valence-corrected chi connectivity index (χ1v) is 10.9. The second-order valence-corrected chi connectivity index (χ2v) is 10.6. The maximum atomic E-state index is 12.8. The number of carboxylic acid groups (broad SMARTS) is 1. The van der Waals surface area contributed by atoms with Crippen LogP contribution in [0.15, 0.2) is 30.3 Å². The highest BCUT2D eigenvalue weighted by Gasteiger charge is 2.56. The summed E-state index contributed by atoms with van der Waals surface area (Å²) in [5.74, 6) is -0.00484. The Kier molecular flexibility index (Phi) is 5.01. The number of carboxylic acids is 1. The monoisotopic (exact) mass is 398 g/mol. The van der Waals surface area contributed by atoms with Gasteiger partial charge in [0.25, 0.3) is 0 Å². The second kappa shape index (κ2) is 7.12. The highest BCUT2D eigenvalue weighted by Crippen LogP contribution is 2.56. The van der Waals surface area contributed by atoms with Crippen LogP contribution in [0, 0.1) is 16.7 Å². The van der Waals surface area contributed by atoms with Gasteiger partial charge in [-0.3, -0.25) is 9.59 Å². The minimum absolute atomic E-state index is 0.0680. The summed E-state index contributed by atoms with van der Waals surface area (Å²) in [6.07, 6.45) is 4.44. The van der Waals surface area contributed by atoms with Gasteiger partial charge in [0.1, 0.15) is 0 Å². The molecule has 1 aromatic carbocycles. The molecule has 29 heavy (non-hydrogen) atoms. The van der Waals surface area contributed by atoms with Crippen molar-refractivity contribution in [3.8, 4) is 0 Å². The van der Waals surface area contributed by atoms with Crippen LogP contribution < -0.4 is 0 Å². The molecule has 0 radical (unpaired) electrons. The van der Waals surface area contributed by atoms with E-state index in [-0.39, 0.29) is 16.7 Å². The Morgan fingerprint density at radius 1 is 1.21 bits per heavy atom. The molecule has 5 heteroatoms. The minimum Gasteiger partial charge on any atom is -0.481 e. The Morgan fingerprint density at radius 3 is 2.62 bits per heavy atom. The Balaban J connectivity index is 1.49. The van der Waals surface area contributed by atoms with Crippen LogP contribution in [0.4, 0.5) is 0 Å². The van der Waals surface area contributed by atoms with Crippen LogP contribution in [-0.2, 0) is 15.0 Å². The molecule has 1 saturated carbocycles. The molecule has 1 spiro atoms. The lowest BCUT2D eigenvalue weighted by molar-refractivity contribution is -0.148. The van der Waals surface area contributed by atoms with Crippen LogP contribution in [0.3, 0.4) is 0 Å². The van der Waals surface area contributed by atoms with Gasteiger partial charge in [-0.05, 0) is 63.5 Å². The molecule has 2 heterocycles. The molecular formula is C24H34N2O3. The molecule has 1 N–H and O–H groups in total. The largest absolute Gasteiger partial charge is 0.481 e. The fourth-order valence-electron chi connectivity index (χ4n) is 6.13. The Labute approximate surface area is 174 Å². The number of hydrogen-bond donors (Lipinski definition) is 1. The minimum atomic E-state index is -0.793. The van der Waals surface area contributed by atoms with E-state index in [1.54, 1.807) is 13.8 Å². The summed E-state index contributed by atoms with van der Waals surface area (Å²) in [6.45, 7) is 7.03. The van der Waals surface area contributed by atoms with E-state index in [0.29, 0.717) is 25.3 Å². The van der Waals surface area contributed by atoms with Gasteiger partial charge >= 0.3 is 5.97 Å². The van der Waals surface area contributed by atoms with Gasteiger partial charge in [-0.15, -0.1) is 0 Å². The number of rotatable bonds is 5. The first-order valence-electron chi connectivity index (χ1n) is 10.9. The lowest BCUT2D eigenvalue weighted by Gasteiger charge is -2.47. The van der Waals surface area contributed by atoms with Gasteiger partial charge in [-0.1, -0.05) is 30.3 Å². The van der Waals surface area contributed by atoms with Crippen LogP contribution in [0.1, 0.15) is 51.5 Å². The number of fused-ring (bicyclic) bond motifs is 1. The quantitative estimate of drug-likeness (QED) is 0.826. The molecule has 2 unspecified atom stereocenters. The summed E-state index contributed by atoms with van der Waals surface area (Å²) in [7, 11) is 2.22. The van der Waals surface area contributed by atoms with E-state index >= 15 is 0 Å². The van der Waals surface area contributed by atoms with Crippen molar-refractivity contribution in [2.45, 2.75) is 51.4 Å². The molecular weight excluding hydrogens is 364 g/mol. The molecule has 0 bridgehead atoms. The second-order valence-electron chi connectivity index (χ2n) is 10.6. The molecule has 3 fully saturated rings. The number of likely N-dealkylation sites (tertiary alicyclic amines) is 2. The van der Waals surface area contributed by atoms with Gasteiger partial charge in [-0.2, -0.15) is 0 Å². The molecule has 2 saturated heterocycles. The maximum absolute atomic E-state index is 12.8. The standard InChI is InChI=1S/C24H34N2O3/c1-22(2,21(28)29)11-12-26-16-23(14-20(26)27)9-10-24(18-7-5-4-6-8-18)17-25(3)15-19(24)13-23/h4-8,19H,9-17H2,1-3H3,(H,28,29)/t19?,23?,24-/m1/s1. The van der Waals surface area contributed by atoms with Gasteiger partial charge in [0, 0.05) is 38.0 Å². The lowest BCUT2D eigenvalue weighted by Crippen LogP contribution is -2.45. The fraction of sp³-hybridized carbons (Fsp3) is 0.667. The summed E-state index contributed by atoms with van der Waals surface area (Å²) >= 11 is 0. The molecule has 4 rings (SSSR count). The number of amides is 1. The first kappa shape index (κ1) is 20.4. The third-order valence-electron chi connectivity index (χ3n) is 7.99. The zero-order chi connectivity index (χ0) is 20.9. The third-order valence-corrected chi connectivity index (χ3v) is 7.99. The topological polar surface area (TPSA) is 60.9 Å². The van der Waals surface area contributed by atoms with E-state index in [4.69, 9.17) is 0 Å². The van der Waals surface area contributed by atoms with Crippen molar-refractivity contribution in [2.24, 2.45) is 16.7 Å². The van der Waals surface area contributed by atoms with Crippen LogP contribution in [0.25, 0.3) is 0 Å². The zero-order valence-corrected chi connectivity index (χ0v) is 18.0. The van der Waals surface area contributed by atoms with Crippen molar-refractivity contribution < 1.29 is 14.7 Å². The summed E-state index contributed by atoms with van der Waals surface area (Å²) < 4.78 is 0. The summed E-state index contributed by atoms with van der Waals surface area (Å²) in [5.41, 5.74) is 0.939. The van der Waals surface area contributed by atoms with E-state index in [1.807, 2.05) is 4.90 Å². The van der Waals surface area contributed by atoms with Crippen molar-refractivity contribution in [1.29, 1.82) is 0 Å². The third kappa shape index (κ3) is 3.58. The van der Waals surface area contributed by atoms with Crippen LogP contribution in [0.5, 0.6) is 0 Å². The number of hydrogen-bond acceptors (Lipinski definition) is 3. The number of aliphatic carboxylic acids is 1. The number of likely N-dealkylation sites (N-methyl/N-ethyl adjacent to an activating group) is 1. The average molecular weight is 399 g/mol. The number of nitrogens with zero attached hydrogens (tertiary/aromatic N) is 2. The number of carbonyl (C=O) groups is 2. The predicted molar refractivity (Wildman–Crippen MR) is 113 cm³/mol. The summed E-state index contributed by atoms with van der Waals surface area (Å²) in [4.78, 5) is 28.6. The summed E-state index contributed by atoms with van der Waals surface area (Å²) in [5, 5.41) is 9.38. The normalized spacial score (nSPS) is 32.7. The van der Waals surface area contributed by atoms with Gasteiger partial charge in [0.15, 0.2) is 0 Å². The number of benzene rings is 1. The predicted octanol–water partition coefficient (Wildman–Crippen LogP) is 3.39. The van der Waals surface area contributed by atoms with Crippen LogP contribution in [-0.4, -0.2) is 60.0 Å². The van der Waals surface area contributed by atoms with Crippen molar-refractivity contribution in [2.75, 3.05) is 33.2 Å². The van der Waals surface area contributed by atoms with Crippen LogP contribution in [0.2, 0.25) is 0 Å². The molecule has 1 aliphatic carbocycles. The van der Waals surface area contributed by atoms with Gasteiger partial charge in [-0.25, -0.2) is 0 Å². The molecule has 3 aliphatic rings. The average Bonchev–Trinajstić information content (AvgIpc) is 3.17. The summed E-state index contributed by atoms with van der Waals surface area (Å²) in [6, 6.07) is 10.9. The van der Waals surface area contributed by atoms with Gasteiger partial charge in [0.2, 0.25) is 5.91 Å². The Morgan fingerprint density at radius 2 is 1.93 bits per heavy atom. The van der Waals surface area contributed by atoms with E-state index < -0.39 is 11.4 Å². The lowest BCUT2D eigenvalue weighted by atomic mass is 9.56. The number of carbonyl (C=O) groups excluding carboxylic acids is 1. The maximum Gasteiger partial charge on any atom is 0.309 e. The smallest absolute Gasteiger partial charge is 0.309 e. The first-order chi connectivity index (χ1) is 13.7. The molecule has 1 amide bonds. The van der Waals surface area contributed by atoms with Crippen molar-refractivity contribution in [1.82, 2.24) is 9.80 Å². The van der Waals surface area contributed by atoms with E-state index in [0.717, 1.165) is 38.9 Å². The molecule has 5 nitrogen and oxygen atoms in total. The van der Waals surface area contributed by atoms with Crippen molar-refractivity contribution in [3.63, 3.8) is 0 Å². The molecule has 158 valence electrons. The van der Waals surface area contributed by atoms with Gasteiger partial charge < -0.3 is 14.9 Å². The fourth-order valence-corrected chi connectivity index (χ4v) is 6.13. The van der Waals surface area contributed by atoms with E-state index in [2.05, 4.69) is 42.3 Å². The van der Waals surface area contributed by atoms with Crippen LogP contribution >= 0.6 is 0 Å². The molecule has 1 aromatic rings. The Hall–Kier alpha value is -1.88. The zero-order valence-electron chi connectivity index (χ0n) is 18.0. The Bertz CT molecular complexity index is 793.